The van der Waals surface area contributed by atoms with Gasteiger partial charge in [0.2, 0.25) is 5.91 Å². The van der Waals surface area contributed by atoms with Crippen LogP contribution in [0.2, 0.25) is 0 Å². The molecule has 2 rings (SSSR count). The first kappa shape index (κ1) is 16.4. The van der Waals surface area contributed by atoms with Crippen LogP contribution in [0.3, 0.4) is 0 Å². The molecule has 0 saturated carbocycles. The van der Waals surface area contributed by atoms with Gasteiger partial charge in [-0.1, -0.05) is 23.8 Å². The van der Waals surface area contributed by atoms with Crippen molar-refractivity contribution in [1.29, 1.82) is 0 Å². The Bertz CT molecular complexity index is 701. The van der Waals surface area contributed by atoms with Crippen LogP contribution in [0.25, 0.3) is 6.08 Å². The second-order valence-corrected chi connectivity index (χ2v) is 6.76. The molecule has 1 aromatic heterocycles. The standard InChI is InChI=1S/C18H22N2OS/c1-12-5-6-16(13(2)11-12)7-8-18(21)19-10-9-17-14(3)20-15(4)22-17/h5-8,11H,9-10H2,1-4H3,(H,19,21)/b8-7+. The molecule has 0 radical (unpaired) electrons. The first-order valence-corrected chi connectivity index (χ1v) is 8.23. The minimum absolute atomic E-state index is 0.0566. The van der Waals surface area contributed by atoms with Crippen LogP contribution in [-0.2, 0) is 11.2 Å². The fourth-order valence-corrected chi connectivity index (χ4v) is 3.28. The predicted molar refractivity (Wildman–Crippen MR) is 93.3 cm³/mol. The van der Waals surface area contributed by atoms with E-state index in [1.54, 1.807) is 17.4 Å². The van der Waals surface area contributed by atoms with E-state index >= 15 is 0 Å². The first-order chi connectivity index (χ1) is 10.5. The summed E-state index contributed by atoms with van der Waals surface area (Å²) in [6, 6.07) is 6.21. The van der Waals surface area contributed by atoms with Gasteiger partial charge in [0, 0.05) is 23.9 Å². The van der Waals surface area contributed by atoms with Gasteiger partial charge in [-0.25, -0.2) is 4.98 Å². The molecule has 0 saturated heterocycles. The van der Waals surface area contributed by atoms with Gasteiger partial charge in [-0.3, -0.25) is 4.79 Å². The number of rotatable bonds is 5. The molecule has 22 heavy (non-hydrogen) atoms. The highest BCUT2D eigenvalue weighted by molar-refractivity contribution is 7.11. The average Bonchev–Trinajstić information content (AvgIpc) is 2.76. The van der Waals surface area contributed by atoms with Crippen molar-refractivity contribution < 1.29 is 4.79 Å². The lowest BCUT2D eigenvalue weighted by Gasteiger charge is -2.03. The van der Waals surface area contributed by atoms with Crippen molar-refractivity contribution in [2.45, 2.75) is 34.1 Å². The normalized spacial score (nSPS) is 11.1. The largest absolute Gasteiger partial charge is 0.352 e. The molecule has 0 aliphatic carbocycles. The Morgan fingerprint density at radius 3 is 2.68 bits per heavy atom. The number of hydrogen-bond acceptors (Lipinski definition) is 3. The molecule has 0 aliphatic heterocycles. The summed E-state index contributed by atoms with van der Waals surface area (Å²) >= 11 is 1.70. The summed E-state index contributed by atoms with van der Waals surface area (Å²) in [5, 5.41) is 4.00. The maximum absolute atomic E-state index is 11.9. The minimum atomic E-state index is -0.0566. The molecule has 0 bridgehead atoms. The highest BCUT2D eigenvalue weighted by atomic mass is 32.1. The third kappa shape index (κ3) is 4.53. The smallest absolute Gasteiger partial charge is 0.244 e. The van der Waals surface area contributed by atoms with Gasteiger partial charge in [0.05, 0.1) is 10.7 Å². The number of amides is 1. The molecule has 4 heteroatoms. The number of benzene rings is 1. The van der Waals surface area contributed by atoms with E-state index < -0.39 is 0 Å². The van der Waals surface area contributed by atoms with Crippen LogP contribution in [0, 0.1) is 27.7 Å². The van der Waals surface area contributed by atoms with E-state index in [-0.39, 0.29) is 5.91 Å². The van der Waals surface area contributed by atoms with Gasteiger partial charge >= 0.3 is 0 Å². The third-order valence-corrected chi connectivity index (χ3v) is 4.62. The predicted octanol–water partition coefficient (Wildman–Crippen LogP) is 3.75. The Hall–Kier alpha value is -1.94. The minimum Gasteiger partial charge on any atom is -0.352 e. The highest BCUT2D eigenvalue weighted by Gasteiger charge is 2.05. The van der Waals surface area contributed by atoms with Gasteiger partial charge < -0.3 is 5.32 Å². The molecule has 3 nitrogen and oxygen atoms in total. The average molecular weight is 314 g/mol. The SMILES string of the molecule is Cc1ccc(/C=C/C(=O)NCCc2sc(C)nc2C)c(C)c1. The fourth-order valence-electron chi connectivity index (χ4n) is 2.34. The molecular formula is C18H22N2OS. The van der Waals surface area contributed by atoms with Gasteiger partial charge in [0.1, 0.15) is 0 Å². The number of carbonyl (C=O) groups is 1. The lowest BCUT2D eigenvalue weighted by atomic mass is 10.1. The number of nitrogens with one attached hydrogen (secondary N) is 1. The Morgan fingerprint density at radius 2 is 2.05 bits per heavy atom. The van der Waals surface area contributed by atoms with E-state index in [9.17, 15) is 4.79 Å². The van der Waals surface area contributed by atoms with E-state index in [2.05, 4.69) is 36.3 Å². The third-order valence-electron chi connectivity index (χ3n) is 3.49. The van der Waals surface area contributed by atoms with Crippen LogP contribution in [0.4, 0.5) is 0 Å². The van der Waals surface area contributed by atoms with Crippen molar-refractivity contribution in [3.8, 4) is 0 Å². The fraction of sp³-hybridized carbons (Fsp3) is 0.333. The summed E-state index contributed by atoms with van der Waals surface area (Å²) < 4.78 is 0. The van der Waals surface area contributed by atoms with Gasteiger partial charge in [-0.15, -0.1) is 11.3 Å². The molecule has 0 spiro atoms. The summed E-state index contributed by atoms with van der Waals surface area (Å²) in [4.78, 5) is 17.5. The van der Waals surface area contributed by atoms with Gasteiger partial charge in [0.15, 0.2) is 0 Å². The van der Waals surface area contributed by atoms with Gasteiger partial charge in [0.25, 0.3) is 0 Å². The van der Waals surface area contributed by atoms with Crippen LogP contribution >= 0.6 is 11.3 Å². The summed E-state index contributed by atoms with van der Waals surface area (Å²) in [6.07, 6.45) is 4.30. The molecule has 0 unspecified atom stereocenters. The molecule has 116 valence electrons. The molecule has 2 aromatic rings. The van der Waals surface area contributed by atoms with Crippen molar-refractivity contribution in [2.75, 3.05) is 6.54 Å². The molecule has 0 fully saturated rings. The van der Waals surface area contributed by atoms with Crippen molar-refractivity contribution >= 4 is 23.3 Å². The second kappa shape index (κ2) is 7.36. The Morgan fingerprint density at radius 1 is 1.27 bits per heavy atom. The number of nitrogens with zero attached hydrogens (tertiary/aromatic N) is 1. The molecule has 0 atom stereocenters. The Labute approximate surface area is 136 Å². The van der Waals surface area contributed by atoms with E-state index in [1.165, 1.54) is 16.0 Å². The molecule has 1 aromatic carbocycles. The number of aryl methyl sites for hydroxylation is 4. The zero-order chi connectivity index (χ0) is 16.1. The topological polar surface area (TPSA) is 42.0 Å². The maximum atomic E-state index is 11.9. The molecule has 1 amide bonds. The maximum Gasteiger partial charge on any atom is 0.244 e. The molecule has 1 N–H and O–H groups in total. The molecule has 1 heterocycles. The summed E-state index contributed by atoms with van der Waals surface area (Å²) in [7, 11) is 0. The zero-order valence-electron chi connectivity index (χ0n) is 13.6. The van der Waals surface area contributed by atoms with Crippen LogP contribution in [0.5, 0.6) is 0 Å². The lowest BCUT2D eigenvalue weighted by molar-refractivity contribution is -0.116. The van der Waals surface area contributed by atoms with Crippen LogP contribution < -0.4 is 5.32 Å². The number of aromatic nitrogens is 1. The highest BCUT2D eigenvalue weighted by Crippen LogP contribution is 2.17. The monoisotopic (exact) mass is 314 g/mol. The van der Waals surface area contributed by atoms with Crippen molar-refractivity contribution in [3.05, 3.63) is 56.5 Å². The summed E-state index contributed by atoms with van der Waals surface area (Å²) in [5.41, 5.74) is 4.56. The summed E-state index contributed by atoms with van der Waals surface area (Å²) in [6.45, 7) is 8.78. The van der Waals surface area contributed by atoms with E-state index in [1.807, 2.05) is 26.0 Å². The van der Waals surface area contributed by atoms with Crippen molar-refractivity contribution in [2.24, 2.45) is 0 Å². The van der Waals surface area contributed by atoms with E-state index in [4.69, 9.17) is 0 Å². The van der Waals surface area contributed by atoms with Crippen LogP contribution in [0.1, 0.15) is 32.3 Å². The van der Waals surface area contributed by atoms with Gasteiger partial charge in [-0.2, -0.15) is 0 Å². The van der Waals surface area contributed by atoms with Crippen molar-refractivity contribution in [1.82, 2.24) is 10.3 Å². The van der Waals surface area contributed by atoms with Crippen molar-refractivity contribution in [3.63, 3.8) is 0 Å². The zero-order valence-corrected chi connectivity index (χ0v) is 14.4. The lowest BCUT2D eigenvalue weighted by Crippen LogP contribution is -2.23. The van der Waals surface area contributed by atoms with E-state index in [0.29, 0.717) is 6.54 Å². The number of carbonyl (C=O) groups excluding carboxylic acids is 1. The molecular weight excluding hydrogens is 292 g/mol. The number of hydrogen-bond donors (Lipinski definition) is 1. The van der Waals surface area contributed by atoms with Crippen LogP contribution in [0.15, 0.2) is 24.3 Å². The quantitative estimate of drug-likeness (QED) is 0.854. The van der Waals surface area contributed by atoms with E-state index in [0.717, 1.165) is 22.7 Å². The first-order valence-electron chi connectivity index (χ1n) is 7.42. The Balaban J connectivity index is 1.85. The van der Waals surface area contributed by atoms with Crippen LogP contribution in [-0.4, -0.2) is 17.4 Å². The molecule has 0 aliphatic rings. The second-order valence-electron chi connectivity index (χ2n) is 5.48. The van der Waals surface area contributed by atoms with Gasteiger partial charge in [-0.05, 0) is 44.9 Å². The summed E-state index contributed by atoms with van der Waals surface area (Å²) in [5.74, 6) is -0.0566. The Kier molecular flexibility index (Phi) is 5.50. The number of thiazole rings is 1.